The third kappa shape index (κ3) is 2.33. The minimum atomic E-state index is -0.00954. The van der Waals surface area contributed by atoms with Crippen LogP contribution in [0.3, 0.4) is 0 Å². The standard InChI is InChI=1S/C20H21NO3/c1-23-18-8-4-7-14(20(18)24-2)15-11-19(22)21-17-10-13-6-3-5-12(13)9-16(15)17/h4,7-10,15H,3,5-6,11H2,1-2H3,(H,21,22). The highest BCUT2D eigenvalue weighted by atomic mass is 16.5. The topological polar surface area (TPSA) is 47.6 Å². The molecule has 124 valence electrons. The fourth-order valence-electron chi connectivity index (χ4n) is 4.00. The van der Waals surface area contributed by atoms with Crippen LogP contribution in [-0.2, 0) is 17.6 Å². The molecule has 4 rings (SSSR count). The van der Waals surface area contributed by atoms with Crippen LogP contribution in [0.25, 0.3) is 0 Å². The van der Waals surface area contributed by atoms with Crippen molar-refractivity contribution in [2.45, 2.75) is 31.6 Å². The van der Waals surface area contributed by atoms with Gasteiger partial charge >= 0.3 is 0 Å². The Morgan fingerprint density at radius 1 is 1.04 bits per heavy atom. The molecule has 0 radical (unpaired) electrons. The number of para-hydroxylation sites is 1. The second-order valence-electron chi connectivity index (χ2n) is 6.45. The molecular weight excluding hydrogens is 302 g/mol. The summed E-state index contributed by atoms with van der Waals surface area (Å²) in [6, 6.07) is 10.3. The molecule has 0 fully saturated rings. The van der Waals surface area contributed by atoms with E-state index in [1.165, 1.54) is 23.1 Å². The van der Waals surface area contributed by atoms with Gasteiger partial charge in [0.15, 0.2) is 11.5 Å². The number of amides is 1. The molecule has 2 aromatic rings. The highest BCUT2D eigenvalue weighted by Crippen LogP contribution is 2.45. The van der Waals surface area contributed by atoms with E-state index in [9.17, 15) is 4.79 Å². The van der Waals surface area contributed by atoms with Gasteiger partial charge in [-0.2, -0.15) is 0 Å². The lowest BCUT2D eigenvalue weighted by atomic mass is 9.82. The third-order valence-corrected chi connectivity index (χ3v) is 5.11. The van der Waals surface area contributed by atoms with E-state index in [1.54, 1.807) is 14.2 Å². The van der Waals surface area contributed by atoms with E-state index < -0.39 is 0 Å². The summed E-state index contributed by atoms with van der Waals surface area (Å²) in [7, 11) is 3.28. The molecule has 1 unspecified atom stereocenters. The molecule has 4 heteroatoms. The average Bonchev–Trinajstić information content (AvgIpc) is 3.05. The molecule has 4 nitrogen and oxygen atoms in total. The van der Waals surface area contributed by atoms with Gasteiger partial charge in [-0.15, -0.1) is 0 Å². The molecule has 2 aromatic carbocycles. The van der Waals surface area contributed by atoms with Crippen LogP contribution in [0.1, 0.15) is 41.0 Å². The number of anilines is 1. The van der Waals surface area contributed by atoms with E-state index in [2.05, 4.69) is 17.4 Å². The summed E-state index contributed by atoms with van der Waals surface area (Å²) >= 11 is 0. The Morgan fingerprint density at radius 2 is 1.83 bits per heavy atom. The summed E-state index contributed by atoms with van der Waals surface area (Å²) in [4.78, 5) is 12.3. The largest absolute Gasteiger partial charge is 0.493 e. The Morgan fingerprint density at radius 3 is 2.58 bits per heavy atom. The normalized spacial score (nSPS) is 18.6. The average molecular weight is 323 g/mol. The molecule has 1 N–H and O–H groups in total. The first-order chi connectivity index (χ1) is 11.7. The molecule has 24 heavy (non-hydrogen) atoms. The SMILES string of the molecule is COc1cccc(C2CC(=O)Nc3cc4c(cc32)CCC4)c1OC. The zero-order valence-electron chi connectivity index (χ0n) is 14.0. The van der Waals surface area contributed by atoms with E-state index >= 15 is 0 Å². The predicted octanol–water partition coefficient (Wildman–Crippen LogP) is 3.67. The van der Waals surface area contributed by atoms with Crippen molar-refractivity contribution in [3.63, 3.8) is 0 Å². The van der Waals surface area contributed by atoms with Crippen molar-refractivity contribution in [1.29, 1.82) is 0 Å². The van der Waals surface area contributed by atoms with Crippen LogP contribution in [0.15, 0.2) is 30.3 Å². The second kappa shape index (κ2) is 5.86. The Bertz CT molecular complexity index is 813. The molecule has 0 saturated heterocycles. The summed E-state index contributed by atoms with van der Waals surface area (Å²) < 4.78 is 11.0. The Labute approximate surface area is 141 Å². The van der Waals surface area contributed by atoms with Crippen LogP contribution >= 0.6 is 0 Å². The predicted molar refractivity (Wildman–Crippen MR) is 93.1 cm³/mol. The molecule has 0 bridgehead atoms. The first-order valence-corrected chi connectivity index (χ1v) is 8.37. The number of rotatable bonds is 3. The van der Waals surface area contributed by atoms with Gasteiger partial charge < -0.3 is 14.8 Å². The van der Waals surface area contributed by atoms with Crippen LogP contribution in [0.2, 0.25) is 0 Å². The van der Waals surface area contributed by atoms with Gasteiger partial charge in [0.25, 0.3) is 0 Å². The lowest BCUT2D eigenvalue weighted by Gasteiger charge is -2.28. The first-order valence-electron chi connectivity index (χ1n) is 8.37. The lowest BCUT2D eigenvalue weighted by molar-refractivity contribution is -0.116. The summed E-state index contributed by atoms with van der Waals surface area (Å²) in [5, 5.41) is 3.04. The van der Waals surface area contributed by atoms with Crippen molar-refractivity contribution in [2.24, 2.45) is 0 Å². The van der Waals surface area contributed by atoms with Gasteiger partial charge in [0.05, 0.1) is 14.2 Å². The summed E-state index contributed by atoms with van der Waals surface area (Å²) in [6.45, 7) is 0. The van der Waals surface area contributed by atoms with Crippen molar-refractivity contribution >= 4 is 11.6 Å². The minimum absolute atomic E-state index is 0.00954. The van der Waals surface area contributed by atoms with E-state index in [4.69, 9.17) is 9.47 Å². The minimum Gasteiger partial charge on any atom is -0.493 e. The quantitative estimate of drug-likeness (QED) is 0.937. The fraction of sp³-hybridized carbons (Fsp3) is 0.350. The number of benzene rings is 2. The van der Waals surface area contributed by atoms with E-state index in [-0.39, 0.29) is 11.8 Å². The maximum absolute atomic E-state index is 12.3. The second-order valence-corrected chi connectivity index (χ2v) is 6.45. The van der Waals surface area contributed by atoms with Gasteiger partial charge in [-0.25, -0.2) is 0 Å². The summed E-state index contributed by atoms with van der Waals surface area (Å²) in [5.74, 6) is 1.45. The van der Waals surface area contributed by atoms with Gasteiger partial charge in [0, 0.05) is 23.6 Å². The Hall–Kier alpha value is -2.49. The number of fused-ring (bicyclic) bond motifs is 2. The number of ether oxygens (including phenoxy) is 2. The lowest BCUT2D eigenvalue weighted by Crippen LogP contribution is -2.24. The van der Waals surface area contributed by atoms with E-state index in [0.717, 1.165) is 24.1 Å². The van der Waals surface area contributed by atoms with Crippen molar-refractivity contribution < 1.29 is 14.3 Å². The number of methoxy groups -OCH3 is 2. The van der Waals surface area contributed by atoms with Crippen molar-refractivity contribution in [2.75, 3.05) is 19.5 Å². The van der Waals surface area contributed by atoms with E-state index in [1.807, 2.05) is 18.2 Å². The molecule has 1 heterocycles. The molecule has 1 aliphatic carbocycles. The van der Waals surface area contributed by atoms with Gasteiger partial charge in [-0.05, 0) is 48.1 Å². The zero-order valence-corrected chi connectivity index (χ0v) is 14.0. The monoisotopic (exact) mass is 323 g/mol. The molecule has 1 atom stereocenters. The number of hydrogen-bond donors (Lipinski definition) is 1. The van der Waals surface area contributed by atoms with Crippen LogP contribution in [0.4, 0.5) is 5.69 Å². The van der Waals surface area contributed by atoms with Crippen molar-refractivity contribution in [3.8, 4) is 11.5 Å². The molecule has 0 aromatic heterocycles. The van der Waals surface area contributed by atoms with Crippen LogP contribution < -0.4 is 14.8 Å². The Kier molecular flexibility index (Phi) is 3.68. The van der Waals surface area contributed by atoms with Gasteiger partial charge in [0.2, 0.25) is 5.91 Å². The molecule has 0 saturated carbocycles. The Balaban J connectivity index is 1.87. The smallest absolute Gasteiger partial charge is 0.225 e. The number of carbonyl (C=O) groups is 1. The van der Waals surface area contributed by atoms with E-state index in [0.29, 0.717) is 17.9 Å². The number of nitrogens with one attached hydrogen (secondary N) is 1. The fourth-order valence-corrected chi connectivity index (χ4v) is 4.00. The van der Waals surface area contributed by atoms with Crippen molar-refractivity contribution in [3.05, 3.63) is 52.6 Å². The summed E-state index contributed by atoms with van der Waals surface area (Å²) in [6.07, 6.45) is 3.85. The summed E-state index contributed by atoms with van der Waals surface area (Å²) in [5.41, 5.74) is 5.92. The van der Waals surface area contributed by atoms with Gasteiger partial charge in [0.1, 0.15) is 0 Å². The first kappa shape index (κ1) is 15.1. The van der Waals surface area contributed by atoms with Crippen LogP contribution in [0.5, 0.6) is 11.5 Å². The maximum Gasteiger partial charge on any atom is 0.225 e. The molecule has 0 spiro atoms. The maximum atomic E-state index is 12.3. The molecule has 1 aliphatic heterocycles. The van der Waals surface area contributed by atoms with Crippen molar-refractivity contribution in [1.82, 2.24) is 0 Å². The molecule has 2 aliphatic rings. The highest BCUT2D eigenvalue weighted by Gasteiger charge is 2.31. The molecule has 1 amide bonds. The molecular formula is C20H21NO3. The van der Waals surface area contributed by atoms with Gasteiger partial charge in [-0.3, -0.25) is 4.79 Å². The number of carbonyl (C=O) groups excluding carboxylic acids is 1. The number of hydrogen-bond acceptors (Lipinski definition) is 3. The number of aryl methyl sites for hydroxylation is 2. The zero-order chi connectivity index (χ0) is 16.7. The van der Waals surface area contributed by atoms with Crippen LogP contribution in [0, 0.1) is 0 Å². The third-order valence-electron chi connectivity index (χ3n) is 5.11. The van der Waals surface area contributed by atoms with Gasteiger partial charge in [-0.1, -0.05) is 18.2 Å². The highest BCUT2D eigenvalue weighted by molar-refractivity contribution is 5.95. The van der Waals surface area contributed by atoms with Crippen LogP contribution in [-0.4, -0.2) is 20.1 Å².